The average molecular weight is 385 g/mol. The molecule has 0 aliphatic carbocycles. The Balaban J connectivity index is 1.74. The highest BCUT2D eigenvalue weighted by Gasteiger charge is 2.16. The smallest absolute Gasteiger partial charge is 0.257 e. The first-order valence-corrected chi connectivity index (χ1v) is 9.35. The number of thiazole rings is 1. The van der Waals surface area contributed by atoms with E-state index in [1.807, 2.05) is 48.5 Å². The third kappa shape index (κ3) is 3.31. The number of benzene rings is 3. The second-order valence-electron chi connectivity index (χ2n) is 6.02. The molecular formula is C22H15N3O2S. The van der Waals surface area contributed by atoms with Gasteiger partial charge < -0.3 is 4.74 Å². The van der Waals surface area contributed by atoms with Gasteiger partial charge in [0.15, 0.2) is 5.13 Å². The first-order chi connectivity index (χ1) is 13.7. The van der Waals surface area contributed by atoms with Gasteiger partial charge in [-0.1, -0.05) is 47.7 Å². The Hall–Kier alpha value is -3.69. The minimum atomic E-state index is -0.309. The maximum Gasteiger partial charge on any atom is 0.257 e. The molecule has 0 spiro atoms. The molecule has 6 heteroatoms. The molecule has 0 bridgehead atoms. The van der Waals surface area contributed by atoms with E-state index in [1.165, 1.54) is 11.3 Å². The Morgan fingerprint density at radius 3 is 2.68 bits per heavy atom. The number of fused-ring (bicyclic) bond motifs is 1. The number of anilines is 1. The zero-order valence-electron chi connectivity index (χ0n) is 15.0. The number of nitriles is 1. The van der Waals surface area contributed by atoms with Gasteiger partial charge in [-0.25, -0.2) is 4.98 Å². The number of rotatable bonds is 4. The molecule has 5 nitrogen and oxygen atoms in total. The lowest BCUT2D eigenvalue weighted by molar-refractivity contribution is 0.102. The SMILES string of the molecule is COc1ccc(-c2ccccc2)c2sc(NC(=O)c3cccc(C#N)c3)nc12. The standard InChI is InChI=1S/C22H15N3O2S/c1-27-18-11-10-17(15-7-3-2-4-8-15)20-19(18)24-22(28-20)25-21(26)16-9-5-6-14(12-16)13-23/h2-12H,1H3,(H,24,25,26). The van der Waals surface area contributed by atoms with Crippen LogP contribution in [0.25, 0.3) is 21.3 Å². The zero-order valence-corrected chi connectivity index (χ0v) is 15.8. The number of amides is 1. The fraction of sp³-hybridized carbons (Fsp3) is 0.0455. The van der Waals surface area contributed by atoms with E-state index in [4.69, 9.17) is 10.00 Å². The van der Waals surface area contributed by atoms with Crippen molar-refractivity contribution in [2.75, 3.05) is 12.4 Å². The second kappa shape index (κ2) is 7.51. The maximum absolute atomic E-state index is 12.6. The summed E-state index contributed by atoms with van der Waals surface area (Å²) in [5, 5.41) is 12.3. The van der Waals surface area contributed by atoms with Gasteiger partial charge in [0.1, 0.15) is 11.3 Å². The summed E-state index contributed by atoms with van der Waals surface area (Å²) in [7, 11) is 1.60. The van der Waals surface area contributed by atoms with Gasteiger partial charge in [-0.2, -0.15) is 5.26 Å². The molecule has 1 N–H and O–H groups in total. The van der Waals surface area contributed by atoms with Crippen LogP contribution in [0.3, 0.4) is 0 Å². The Labute approximate surface area is 165 Å². The number of ether oxygens (including phenoxy) is 1. The van der Waals surface area contributed by atoms with E-state index < -0.39 is 0 Å². The van der Waals surface area contributed by atoms with Crippen LogP contribution >= 0.6 is 11.3 Å². The molecule has 0 saturated heterocycles. The van der Waals surface area contributed by atoms with E-state index in [0.717, 1.165) is 15.8 Å². The van der Waals surface area contributed by atoms with Crippen LogP contribution in [0.4, 0.5) is 5.13 Å². The van der Waals surface area contributed by atoms with Crippen molar-refractivity contribution in [3.8, 4) is 22.9 Å². The summed E-state index contributed by atoms with van der Waals surface area (Å²) in [5.74, 6) is 0.342. The highest BCUT2D eigenvalue weighted by atomic mass is 32.1. The van der Waals surface area contributed by atoms with Crippen LogP contribution in [0.2, 0.25) is 0 Å². The van der Waals surface area contributed by atoms with Gasteiger partial charge in [0, 0.05) is 11.1 Å². The topological polar surface area (TPSA) is 75.0 Å². The molecule has 0 unspecified atom stereocenters. The van der Waals surface area contributed by atoms with Gasteiger partial charge in [-0.05, 0) is 35.9 Å². The molecular weight excluding hydrogens is 370 g/mol. The first kappa shape index (κ1) is 17.7. The lowest BCUT2D eigenvalue weighted by Gasteiger charge is -2.05. The van der Waals surface area contributed by atoms with Crippen LogP contribution < -0.4 is 10.1 Å². The molecule has 0 saturated carbocycles. The van der Waals surface area contributed by atoms with Gasteiger partial charge >= 0.3 is 0 Å². The fourth-order valence-electron chi connectivity index (χ4n) is 2.95. The molecule has 1 amide bonds. The molecule has 136 valence electrons. The molecule has 1 aromatic heterocycles. The molecule has 4 rings (SSSR count). The quantitative estimate of drug-likeness (QED) is 0.530. The number of methoxy groups -OCH3 is 1. The summed E-state index contributed by atoms with van der Waals surface area (Å²) >= 11 is 1.39. The highest BCUT2D eigenvalue weighted by Crippen LogP contribution is 2.39. The molecule has 1 heterocycles. The van der Waals surface area contributed by atoms with Crippen LogP contribution in [0.1, 0.15) is 15.9 Å². The van der Waals surface area contributed by atoms with E-state index in [2.05, 4.69) is 10.3 Å². The second-order valence-corrected chi connectivity index (χ2v) is 7.02. The minimum Gasteiger partial charge on any atom is -0.494 e. The van der Waals surface area contributed by atoms with Crippen molar-refractivity contribution in [2.24, 2.45) is 0 Å². The lowest BCUT2D eigenvalue weighted by atomic mass is 10.1. The third-order valence-electron chi connectivity index (χ3n) is 4.29. The highest BCUT2D eigenvalue weighted by molar-refractivity contribution is 7.23. The number of hydrogen-bond donors (Lipinski definition) is 1. The van der Waals surface area contributed by atoms with E-state index in [-0.39, 0.29) is 5.91 Å². The molecule has 3 aromatic carbocycles. The Morgan fingerprint density at radius 1 is 1.11 bits per heavy atom. The van der Waals surface area contributed by atoms with Crippen molar-refractivity contribution in [3.05, 3.63) is 77.9 Å². The zero-order chi connectivity index (χ0) is 19.5. The largest absolute Gasteiger partial charge is 0.494 e. The number of hydrogen-bond acceptors (Lipinski definition) is 5. The number of carbonyl (C=O) groups excluding carboxylic acids is 1. The van der Waals surface area contributed by atoms with E-state index in [1.54, 1.807) is 31.4 Å². The van der Waals surface area contributed by atoms with Gasteiger partial charge in [0.25, 0.3) is 5.91 Å². The van der Waals surface area contributed by atoms with Crippen molar-refractivity contribution in [1.29, 1.82) is 5.26 Å². The molecule has 0 atom stereocenters. The summed E-state index contributed by atoms with van der Waals surface area (Å²) < 4.78 is 6.38. The molecule has 28 heavy (non-hydrogen) atoms. The fourth-order valence-corrected chi connectivity index (χ4v) is 3.96. The predicted molar refractivity (Wildman–Crippen MR) is 111 cm³/mol. The number of carbonyl (C=O) groups is 1. The van der Waals surface area contributed by atoms with E-state index in [0.29, 0.717) is 27.5 Å². The lowest BCUT2D eigenvalue weighted by Crippen LogP contribution is -2.11. The molecule has 0 fully saturated rings. The normalized spacial score (nSPS) is 10.4. The maximum atomic E-state index is 12.6. The van der Waals surface area contributed by atoms with E-state index in [9.17, 15) is 4.79 Å². The Morgan fingerprint density at radius 2 is 1.93 bits per heavy atom. The van der Waals surface area contributed by atoms with Crippen molar-refractivity contribution < 1.29 is 9.53 Å². The number of nitrogens with zero attached hydrogens (tertiary/aromatic N) is 2. The number of nitrogens with one attached hydrogen (secondary N) is 1. The monoisotopic (exact) mass is 385 g/mol. The van der Waals surface area contributed by atoms with Gasteiger partial charge in [0.2, 0.25) is 0 Å². The summed E-state index contributed by atoms with van der Waals surface area (Å²) in [6.45, 7) is 0. The molecule has 0 aliphatic heterocycles. The van der Waals surface area contributed by atoms with Gasteiger partial charge in [0.05, 0.1) is 23.4 Å². The van der Waals surface area contributed by atoms with E-state index >= 15 is 0 Å². The van der Waals surface area contributed by atoms with Gasteiger partial charge in [-0.3, -0.25) is 10.1 Å². The minimum absolute atomic E-state index is 0.309. The average Bonchev–Trinajstić information content (AvgIpc) is 3.17. The molecule has 0 radical (unpaired) electrons. The predicted octanol–water partition coefficient (Wildman–Crippen LogP) is 5.10. The van der Waals surface area contributed by atoms with Crippen LogP contribution in [0.15, 0.2) is 66.7 Å². The molecule has 0 aliphatic rings. The van der Waals surface area contributed by atoms with Crippen molar-refractivity contribution in [1.82, 2.24) is 4.98 Å². The summed E-state index contributed by atoms with van der Waals surface area (Å²) in [5.41, 5.74) is 3.65. The van der Waals surface area contributed by atoms with Crippen LogP contribution in [-0.2, 0) is 0 Å². The van der Waals surface area contributed by atoms with Gasteiger partial charge in [-0.15, -0.1) is 0 Å². The third-order valence-corrected chi connectivity index (χ3v) is 5.29. The van der Waals surface area contributed by atoms with Crippen molar-refractivity contribution >= 4 is 32.6 Å². The Bertz CT molecular complexity index is 1210. The van der Waals surface area contributed by atoms with Crippen molar-refractivity contribution in [2.45, 2.75) is 0 Å². The summed E-state index contributed by atoms with van der Waals surface area (Å²) in [6.07, 6.45) is 0. The summed E-state index contributed by atoms with van der Waals surface area (Å²) in [6, 6.07) is 22.5. The molecule has 4 aromatic rings. The number of aromatic nitrogens is 1. The van der Waals surface area contributed by atoms with Crippen LogP contribution in [0.5, 0.6) is 5.75 Å². The van der Waals surface area contributed by atoms with Crippen LogP contribution in [-0.4, -0.2) is 18.0 Å². The van der Waals surface area contributed by atoms with Crippen LogP contribution in [0, 0.1) is 11.3 Å². The van der Waals surface area contributed by atoms with Crippen molar-refractivity contribution in [3.63, 3.8) is 0 Å². The summed E-state index contributed by atoms with van der Waals surface area (Å²) in [4.78, 5) is 17.2. The Kier molecular flexibility index (Phi) is 4.75. The first-order valence-electron chi connectivity index (χ1n) is 8.54.